The third-order valence-corrected chi connectivity index (χ3v) is 6.04. The van der Waals surface area contributed by atoms with Crippen LogP contribution in [0.1, 0.15) is 20.9 Å². The normalized spacial score (nSPS) is 11.0. The number of hydrogen-bond acceptors (Lipinski definition) is 5. The maximum Gasteiger partial charge on any atom is 0.291 e. The number of anilines is 3. The summed E-state index contributed by atoms with van der Waals surface area (Å²) in [7, 11) is -3.92. The minimum atomic E-state index is -3.92. The van der Waals surface area contributed by atoms with E-state index in [1.165, 1.54) is 48.7 Å². The highest BCUT2D eigenvalue weighted by molar-refractivity contribution is 7.92. The third-order valence-electron chi connectivity index (χ3n) is 4.65. The van der Waals surface area contributed by atoms with Crippen LogP contribution in [0.3, 0.4) is 0 Å². The molecule has 3 N–H and O–H groups in total. The Morgan fingerprint density at radius 2 is 1.38 bits per heavy atom. The molecule has 0 aliphatic rings. The summed E-state index contributed by atoms with van der Waals surface area (Å²) >= 11 is 0. The molecule has 1 heterocycles. The number of sulfonamides is 1. The first-order valence-electron chi connectivity index (χ1n) is 9.95. The summed E-state index contributed by atoms with van der Waals surface area (Å²) in [5, 5.41) is 5.36. The van der Waals surface area contributed by atoms with Gasteiger partial charge in [-0.05, 0) is 78.9 Å². The van der Waals surface area contributed by atoms with E-state index in [0.29, 0.717) is 11.4 Å². The molecule has 2 amide bonds. The lowest BCUT2D eigenvalue weighted by atomic mass is 10.2. The van der Waals surface area contributed by atoms with E-state index in [2.05, 4.69) is 15.4 Å². The Morgan fingerprint density at radius 3 is 2.00 bits per heavy atom. The minimum Gasteiger partial charge on any atom is -0.459 e. The van der Waals surface area contributed by atoms with E-state index in [4.69, 9.17) is 4.42 Å². The van der Waals surface area contributed by atoms with E-state index in [1.54, 1.807) is 30.3 Å². The summed E-state index contributed by atoms with van der Waals surface area (Å²) in [5.41, 5.74) is 1.32. The van der Waals surface area contributed by atoms with Crippen molar-refractivity contribution in [1.29, 1.82) is 0 Å². The van der Waals surface area contributed by atoms with Crippen LogP contribution in [0.2, 0.25) is 0 Å². The number of amides is 2. The van der Waals surface area contributed by atoms with Crippen molar-refractivity contribution in [2.45, 2.75) is 4.90 Å². The highest BCUT2D eigenvalue weighted by atomic mass is 32.2. The summed E-state index contributed by atoms with van der Waals surface area (Å²) in [5.74, 6) is -1.23. The average Bonchev–Trinajstić information content (AvgIpc) is 3.36. The van der Waals surface area contributed by atoms with Crippen molar-refractivity contribution in [2.24, 2.45) is 0 Å². The lowest BCUT2D eigenvalue weighted by Crippen LogP contribution is -2.15. The van der Waals surface area contributed by atoms with Gasteiger partial charge in [-0.15, -0.1) is 0 Å². The van der Waals surface area contributed by atoms with Crippen molar-refractivity contribution in [1.82, 2.24) is 0 Å². The van der Waals surface area contributed by atoms with Crippen LogP contribution in [0.4, 0.5) is 21.5 Å². The first-order valence-corrected chi connectivity index (χ1v) is 11.4. The topological polar surface area (TPSA) is 118 Å². The van der Waals surface area contributed by atoms with E-state index in [0.717, 1.165) is 12.1 Å². The van der Waals surface area contributed by atoms with Gasteiger partial charge in [0.1, 0.15) is 5.82 Å². The van der Waals surface area contributed by atoms with Gasteiger partial charge in [0.05, 0.1) is 11.2 Å². The summed E-state index contributed by atoms with van der Waals surface area (Å²) in [6, 6.07) is 19.9. The Labute approximate surface area is 194 Å². The van der Waals surface area contributed by atoms with Gasteiger partial charge >= 0.3 is 0 Å². The number of carbonyl (C=O) groups excluding carboxylic acids is 2. The van der Waals surface area contributed by atoms with E-state index < -0.39 is 27.7 Å². The smallest absolute Gasteiger partial charge is 0.291 e. The predicted octanol–water partition coefficient (Wildman–Crippen LogP) is 4.72. The first kappa shape index (κ1) is 22.7. The van der Waals surface area contributed by atoms with Crippen LogP contribution in [-0.4, -0.2) is 20.2 Å². The number of carbonyl (C=O) groups is 2. The molecule has 8 nitrogen and oxygen atoms in total. The lowest BCUT2D eigenvalue weighted by Gasteiger charge is -2.10. The van der Waals surface area contributed by atoms with Gasteiger partial charge in [0.25, 0.3) is 21.8 Å². The molecule has 4 rings (SSSR count). The number of furan rings is 1. The van der Waals surface area contributed by atoms with Crippen LogP contribution < -0.4 is 15.4 Å². The Morgan fingerprint density at radius 1 is 0.735 bits per heavy atom. The maximum atomic E-state index is 13.0. The summed E-state index contributed by atoms with van der Waals surface area (Å²) < 4.78 is 45.5. The molecule has 4 aromatic rings. The standard InChI is InChI=1S/C24H18FN3O5S/c25-17-8-10-18(11-9-17)28-34(31,32)21-12-6-16(7-13-21)23(29)26-19-3-1-4-20(15-19)27-24(30)22-5-2-14-33-22/h1-15,28H,(H,26,29)(H,27,30). The van der Waals surface area contributed by atoms with Gasteiger partial charge in [-0.25, -0.2) is 12.8 Å². The fourth-order valence-electron chi connectivity index (χ4n) is 3.00. The molecular weight excluding hydrogens is 461 g/mol. The molecule has 34 heavy (non-hydrogen) atoms. The molecule has 0 saturated heterocycles. The largest absolute Gasteiger partial charge is 0.459 e. The van der Waals surface area contributed by atoms with E-state index >= 15 is 0 Å². The van der Waals surface area contributed by atoms with Crippen molar-refractivity contribution in [2.75, 3.05) is 15.4 Å². The second-order valence-electron chi connectivity index (χ2n) is 7.10. The first-order chi connectivity index (χ1) is 16.3. The second kappa shape index (κ2) is 9.59. The van der Waals surface area contributed by atoms with Gasteiger partial charge < -0.3 is 15.1 Å². The molecule has 0 fully saturated rings. The Kier molecular flexibility index (Phi) is 6.42. The molecule has 3 aromatic carbocycles. The number of rotatable bonds is 7. The molecule has 0 aliphatic carbocycles. The number of hydrogen-bond donors (Lipinski definition) is 3. The van der Waals surface area contributed by atoms with Crippen molar-refractivity contribution in [3.63, 3.8) is 0 Å². The molecule has 0 unspecified atom stereocenters. The van der Waals surface area contributed by atoms with Crippen molar-refractivity contribution in [3.05, 3.63) is 108 Å². The fraction of sp³-hybridized carbons (Fsp3) is 0. The molecule has 0 aliphatic heterocycles. The van der Waals surface area contributed by atoms with E-state index in [9.17, 15) is 22.4 Å². The quantitative estimate of drug-likeness (QED) is 0.354. The average molecular weight is 479 g/mol. The SMILES string of the molecule is O=C(Nc1cccc(NC(=O)c2ccco2)c1)c1ccc(S(=O)(=O)Nc2ccc(F)cc2)cc1. The van der Waals surface area contributed by atoms with Crippen LogP contribution in [0, 0.1) is 5.82 Å². The Balaban J connectivity index is 1.42. The van der Waals surface area contributed by atoms with Gasteiger partial charge in [0.2, 0.25) is 0 Å². The van der Waals surface area contributed by atoms with E-state index in [-0.39, 0.29) is 21.9 Å². The zero-order valence-corrected chi connectivity index (χ0v) is 18.3. The fourth-order valence-corrected chi connectivity index (χ4v) is 4.05. The summed E-state index contributed by atoms with van der Waals surface area (Å²) in [4.78, 5) is 24.7. The molecule has 0 spiro atoms. The maximum absolute atomic E-state index is 13.0. The minimum absolute atomic E-state index is 0.0592. The van der Waals surface area contributed by atoms with Gasteiger partial charge in [0.15, 0.2) is 5.76 Å². The van der Waals surface area contributed by atoms with Gasteiger partial charge in [-0.2, -0.15) is 0 Å². The molecular formula is C24H18FN3O5S. The van der Waals surface area contributed by atoms with Crippen LogP contribution in [0.5, 0.6) is 0 Å². The van der Waals surface area contributed by atoms with Crippen LogP contribution in [-0.2, 0) is 10.0 Å². The zero-order chi connectivity index (χ0) is 24.1. The third kappa shape index (κ3) is 5.48. The van der Waals surface area contributed by atoms with Crippen molar-refractivity contribution in [3.8, 4) is 0 Å². The molecule has 1 aromatic heterocycles. The van der Waals surface area contributed by atoms with Crippen LogP contribution >= 0.6 is 0 Å². The number of halogens is 1. The highest BCUT2D eigenvalue weighted by Crippen LogP contribution is 2.20. The monoisotopic (exact) mass is 479 g/mol. The summed E-state index contributed by atoms with van der Waals surface area (Å²) in [6.07, 6.45) is 1.39. The predicted molar refractivity (Wildman–Crippen MR) is 125 cm³/mol. The summed E-state index contributed by atoms with van der Waals surface area (Å²) in [6.45, 7) is 0. The second-order valence-corrected chi connectivity index (χ2v) is 8.79. The molecule has 0 bridgehead atoms. The van der Waals surface area contributed by atoms with E-state index in [1.807, 2.05) is 0 Å². The number of benzene rings is 3. The molecule has 0 saturated carbocycles. The van der Waals surface area contributed by atoms with Crippen molar-refractivity contribution < 1.29 is 26.8 Å². The Hall–Kier alpha value is -4.44. The lowest BCUT2D eigenvalue weighted by molar-refractivity contribution is 0.0995. The molecule has 0 radical (unpaired) electrons. The van der Waals surface area contributed by atoms with Gasteiger partial charge in [-0.1, -0.05) is 6.07 Å². The molecule has 10 heteroatoms. The highest BCUT2D eigenvalue weighted by Gasteiger charge is 2.16. The van der Waals surface area contributed by atoms with Crippen LogP contribution in [0.25, 0.3) is 0 Å². The zero-order valence-electron chi connectivity index (χ0n) is 17.5. The molecule has 172 valence electrons. The van der Waals surface area contributed by atoms with Gasteiger partial charge in [-0.3, -0.25) is 14.3 Å². The van der Waals surface area contributed by atoms with Gasteiger partial charge in [0, 0.05) is 22.6 Å². The molecule has 0 atom stereocenters. The number of nitrogens with one attached hydrogen (secondary N) is 3. The van der Waals surface area contributed by atoms with Crippen molar-refractivity contribution >= 4 is 38.9 Å². The van der Waals surface area contributed by atoms with Crippen LogP contribution in [0.15, 0.2) is 101 Å². The Bertz CT molecular complexity index is 1420.